The molecule has 0 aliphatic carbocycles. The number of aromatic hydroxyl groups is 1. The van der Waals surface area contributed by atoms with Crippen LogP contribution < -0.4 is 19.8 Å². The molecule has 6 nitrogen and oxygen atoms in total. The van der Waals surface area contributed by atoms with Gasteiger partial charge in [-0.05, 0) is 0 Å². The predicted molar refractivity (Wildman–Crippen MR) is 63.8 cm³/mol. The van der Waals surface area contributed by atoms with Crippen LogP contribution in [0.4, 0.5) is 0 Å². The quantitative estimate of drug-likeness (QED) is 0.834. The Hall–Kier alpha value is -2.37. The van der Waals surface area contributed by atoms with Gasteiger partial charge in [0.15, 0.2) is 11.3 Å². The Morgan fingerprint density at radius 1 is 1.06 bits per heavy atom. The maximum absolute atomic E-state index is 11.3. The minimum absolute atomic E-state index is 0.0821. The van der Waals surface area contributed by atoms with Crippen LogP contribution in [0.1, 0.15) is 0 Å². The van der Waals surface area contributed by atoms with Gasteiger partial charge < -0.3 is 23.7 Å². The summed E-state index contributed by atoms with van der Waals surface area (Å²) in [6, 6.07) is 2.51. The first-order valence-corrected chi connectivity index (χ1v) is 5.08. The Labute approximate surface area is 102 Å². The van der Waals surface area contributed by atoms with Gasteiger partial charge in [-0.3, -0.25) is 0 Å². The molecule has 0 bridgehead atoms. The fourth-order valence-corrected chi connectivity index (χ4v) is 1.75. The van der Waals surface area contributed by atoms with Crippen LogP contribution in [0.3, 0.4) is 0 Å². The first-order valence-electron chi connectivity index (χ1n) is 5.08. The monoisotopic (exact) mass is 252 g/mol. The minimum Gasteiger partial charge on any atom is -0.507 e. The van der Waals surface area contributed by atoms with Crippen molar-refractivity contribution in [1.29, 1.82) is 0 Å². The molecule has 0 spiro atoms. The molecule has 0 aliphatic rings. The zero-order valence-electron chi connectivity index (χ0n) is 10.1. The van der Waals surface area contributed by atoms with E-state index in [1.54, 1.807) is 6.07 Å². The molecule has 1 N–H and O–H groups in total. The second-order valence-electron chi connectivity index (χ2n) is 3.47. The molecule has 0 aliphatic heterocycles. The van der Waals surface area contributed by atoms with Crippen LogP contribution >= 0.6 is 0 Å². The van der Waals surface area contributed by atoms with Crippen LogP contribution in [-0.4, -0.2) is 26.4 Å². The zero-order valence-corrected chi connectivity index (χ0v) is 10.1. The van der Waals surface area contributed by atoms with Gasteiger partial charge in [-0.2, -0.15) is 0 Å². The standard InChI is InChI=1S/C12H12O6/c1-15-7-5-8(16-2)11(17-3)12-10(7)6(13)4-9(14)18-12/h4-5,13H,1-3H3. The van der Waals surface area contributed by atoms with E-state index in [1.165, 1.54) is 21.3 Å². The van der Waals surface area contributed by atoms with Gasteiger partial charge in [-0.15, -0.1) is 0 Å². The molecule has 0 saturated carbocycles. The first kappa shape index (κ1) is 12.1. The second kappa shape index (κ2) is 4.48. The maximum Gasteiger partial charge on any atom is 0.340 e. The van der Waals surface area contributed by atoms with Crippen molar-refractivity contribution in [2.24, 2.45) is 0 Å². The van der Waals surface area contributed by atoms with Gasteiger partial charge in [0.1, 0.15) is 16.9 Å². The number of fused-ring (bicyclic) bond motifs is 1. The lowest BCUT2D eigenvalue weighted by atomic mass is 10.1. The molecule has 0 unspecified atom stereocenters. The summed E-state index contributed by atoms with van der Waals surface area (Å²) in [5.41, 5.74) is -0.604. The van der Waals surface area contributed by atoms with Crippen molar-refractivity contribution < 1.29 is 23.7 Å². The van der Waals surface area contributed by atoms with Crippen molar-refractivity contribution >= 4 is 11.0 Å². The van der Waals surface area contributed by atoms with E-state index in [9.17, 15) is 9.90 Å². The van der Waals surface area contributed by atoms with Gasteiger partial charge in [0.05, 0.1) is 27.4 Å². The largest absolute Gasteiger partial charge is 0.507 e. The first-order chi connectivity index (χ1) is 8.62. The third kappa shape index (κ3) is 1.71. The summed E-state index contributed by atoms with van der Waals surface area (Å²) >= 11 is 0. The molecule has 2 aromatic rings. The fourth-order valence-electron chi connectivity index (χ4n) is 1.75. The molecule has 2 rings (SSSR count). The Kier molecular flexibility index (Phi) is 3.01. The van der Waals surface area contributed by atoms with Crippen LogP contribution in [0.2, 0.25) is 0 Å². The summed E-state index contributed by atoms with van der Waals surface area (Å²) in [7, 11) is 4.29. The van der Waals surface area contributed by atoms with E-state index in [0.717, 1.165) is 6.07 Å². The highest BCUT2D eigenvalue weighted by Gasteiger charge is 2.20. The SMILES string of the molecule is COc1cc(OC)c2c(O)cc(=O)oc2c1OC. The summed E-state index contributed by atoms with van der Waals surface area (Å²) in [4.78, 5) is 11.3. The molecule has 1 aromatic carbocycles. The van der Waals surface area contributed by atoms with Crippen molar-refractivity contribution in [3.8, 4) is 23.0 Å². The van der Waals surface area contributed by atoms with Crippen molar-refractivity contribution in [2.75, 3.05) is 21.3 Å². The van der Waals surface area contributed by atoms with E-state index in [4.69, 9.17) is 18.6 Å². The van der Waals surface area contributed by atoms with Gasteiger partial charge in [0.2, 0.25) is 5.75 Å². The molecule has 0 fully saturated rings. The van der Waals surface area contributed by atoms with E-state index in [0.29, 0.717) is 11.5 Å². The molecule has 0 saturated heterocycles. The summed E-state index contributed by atoms with van der Waals surface area (Å²) < 4.78 is 20.4. The minimum atomic E-state index is -0.686. The van der Waals surface area contributed by atoms with Gasteiger partial charge in [-0.25, -0.2) is 4.79 Å². The van der Waals surface area contributed by atoms with E-state index in [1.807, 2.05) is 0 Å². The number of ether oxygens (including phenoxy) is 3. The highest BCUT2D eigenvalue weighted by molar-refractivity contribution is 5.95. The second-order valence-corrected chi connectivity index (χ2v) is 3.47. The number of hydrogen-bond acceptors (Lipinski definition) is 6. The van der Waals surface area contributed by atoms with Gasteiger partial charge in [-0.1, -0.05) is 0 Å². The molecule has 18 heavy (non-hydrogen) atoms. The third-order valence-electron chi connectivity index (χ3n) is 2.52. The highest BCUT2D eigenvalue weighted by Crippen LogP contribution is 2.43. The summed E-state index contributed by atoms with van der Waals surface area (Å²) in [5, 5.41) is 10.1. The van der Waals surface area contributed by atoms with E-state index < -0.39 is 5.63 Å². The predicted octanol–water partition coefficient (Wildman–Crippen LogP) is 1.52. The summed E-state index contributed by atoms with van der Waals surface area (Å²) in [5.74, 6) is 0.653. The molecular formula is C12H12O6. The maximum atomic E-state index is 11.3. The van der Waals surface area contributed by atoms with Crippen molar-refractivity contribution in [3.05, 3.63) is 22.6 Å². The molecule has 96 valence electrons. The Bertz CT molecular complexity index is 643. The van der Waals surface area contributed by atoms with Gasteiger partial charge in [0, 0.05) is 6.07 Å². The highest BCUT2D eigenvalue weighted by atomic mass is 16.5. The number of methoxy groups -OCH3 is 3. The van der Waals surface area contributed by atoms with Gasteiger partial charge >= 0.3 is 5.63 Å². The lowest BCUT2D eigenvalue weighted by molar-refractivity contribution is 0.345. The van der Waals surface area contributed by atoms with Crippen LogP contribution in [0.25, 0.3) is 11.0 Å². The molecule has 0 amide bonds. The molecule has 1 heterocycles. The van der Waals surface area contributed by atoms with Crippen LogP contribution in [0.15, 0.2) is 21.3 Å². The lowest BCUT2D eigenvalue weighted by Crippen LogP contribution is -2.00. The Morgan fingerprint density at radius 3 is 2.28 bits per heavy atom. The lowest BCUT2D eigenvalue weighted by Gasteiger charge is -2.13. The Balaban J connectivity index is 2.99. The average Bonchev–Trinajstić information content (AvgIpc) is 2.36. The van der Waals surface area contributed by atoms with Crippen molar-refractivity contribution in [2.45, 2.75) is 0 Å². The molecule has 0 radical (unpaired) electrons. The van der Waals surface area contributed by atoms with Crippen LogP contribution in [-0.2, 0) is 0 Å². The van der Waals surface area contributed by atoms with Gasteiger partial charge in [0.25, 0.3) is 0 Å². The number of benzene rings is 1. The third-order valence-corrected chi connectivity index (χ3v) is 2.52. The topological polar surface area (TPSA) is 78.1 Å². The molecular weight excluding hydrogens is 240 g/mol. The van der Waals surface area contributed by atoms with Crippen molar-refractivity contribution in [3.63, 3.8) is 0 Å². The normalized spacial score (nSPS) is 10.4. The zero-order chi connectivity index (χ0) is 13.3. The molecule has 0 atom stereocenters. The van der Waals surface area contributed by atoms with E-state index in [-0.39, 0.29) is 22.5 Å². The number of hydrogen-bond donors (Lipinski definition) is 1. The van der Waals surface area contributed by atoms with Crippen molar-refractivity contribution in [1.82, 2.24) is 0 Å². The summed E-state index contributed by atoms with van der Waals surface area (Å²) in [6.07, 6.45) is 0. The van der Waals surface area contributed by atoms with Crippen LogP contribution in [0.5, 0.6) is 23.0 Å². The molecule has 1 aromatic heterocycles. The average molecular weight is 252 g/mol. The van der Waals surface area contributed by atoms with E-state index >= 15 is 0 Å². The summed E-state index contributed by atoms with van der Waals surface area (Å²) in [6.45, 7) is 0. The smallest absolute Gasteiger partial charge is 0.340 e. The molecule has 6 heteroatoms. The number of rotatable bonds is 3. The van der Waals surface area contributed by atoms with Crippen LogP contribution in [0, 0.1) is 0 Å². The fraction of sp³-hybridized carbons (Fsp3) is 0.250. The van der Waals surface area contributed by atoms with E-state index in [2.05, 4.69) is 0 Å². The Morgan fingerprint density at radius 2 is 1.72 bits per heavy atom.